The number of carbonyl (C=O) groups is 2. The molecule has 0 atom stereocenters. The Morgan fingerprint density at radius 1 is 1.12 bits per heavy atom. The van der Waals surface area contributed by atoms with Gasteiger partial charge in [-0.3, -0.25) is 0 Å². The number of ether oxygens (including phenoxy) is 2. The van der Waals surface area contributed by atoms with Crippen LogP contribution in [0.15, 0.2) is 29.8 Å². The standard InChI is InChI=1S/C20H27NO4/c1-4-6-13-25-20(23)21-12-11-17(16-9-7-15(3)8-10-16)18(14-21)19(22)24-5-2/h7-10H,4-6,11-14H2,1-3H3. The zero-order chi connectivity index (χ0) is 18.2. The molecule has 2 rings (SSSR count). The van der Waals surface area contributed by atoms with Gasteiger partial charge >= 0.3 is 12.1 Å². The van der Waals surface area contributed by atoms with Crippen LogP contribution in [0.25, 0.3) is 5.57 Å². The minimum atomic E-state index is -0.363. The second kappa shape index (κ2) is 9.25. The lowest BCUT2D eigenvalue weighted by molar-refractivity contribution is -0.138. The molecule has 136 valence electrons. The Hall–Kier alpha value is -2.30. The summed E-state index contributed by atoms with van der Waals surface area (Å²) in [6, 6.07) is 8.07. The number of amides is 1. The van der Waals surface area contributed by atoms with E-state index in [-0.39, 0.29) is 18.6 Å². The van der Waals surface area contributed by atoms with Crippen LogP contribution in [0.2, 0.25) is 0 Å². The lowest BCUT2D eigenvalue weighted by atomic mass is 9.93. The summed E-state index contributed by atoms with van der Waals surface area (Å²) in [5, 5.41) is 0. The summed E-state index contributed by atoms with van der Waals surface area (Å²) in [4.78, 5) is 26.2. The predicted molar refractivity (Wildman–Crippen MR) is 97.2 cm³/mol. The highest BCUT2D eigenvalue weighted by atomic mass is 16.6. The second-order valence-corrected chi connectivity index (χ2v) is 6.18. The minimum absolute atomic E-state index is 0.229. The molecule has 0 saturated carbocycles. The Morgan fingerprint density at radius 2 is 1.84 bits per heavy atom. The number of carbonyl (C=O) groups excluding carboxylic acids is 2. The van der Waals surface area contributed by atoms with Gasteiger partial charge in [0.2, 0.25) is 0 Å². The molecule has 0 N–H and O–H groups in total. The average molecular weight is 345 g/mol. The third-order valence-electron chi connectivity index (χ3n) is 4.25. The van der Waals surface area contributed by atoms with E-state index in [1.165, 1.54) is 5.56 Å². The average Bonchev–Trinajstić information content (AvgIpc) is 2.62. The third kappa shape index (κ3) is 5.08. The summed E-state index contributed by atoms with van der Waals surface area (Å²) < 4.78 is 10.5. The van der Waals surface area contributed by atoms with Gasteiger partial charge in [0.15, 0.2) is 0 Å². The van der Waals surface area contributed by atoms with E-state index in [2.05, 4.69) is 0 Å². The van der Waals surface area contributed by atoms with Gasteiger partial charge in [0, 0.05) is 6.54 Å². The maximum atomic E-state index is 12.4. The SMILES string of the molecule is CCCCOC(=O)N1CCC(c2ccc(C)cc2)=C(C(=O)OCC)C1. The normalized spacial score (nSPS) is 14.4. The molecular weight excluding hydrogens is 318 g/mol. The molecule has 0 saturated heterocycles. The lowest BCUT2D eigenvalue weighted by Gasteiger charge is -2.29. The van der Waals surface area contributed by atoms with E-state index < -0.39 is 0 Å². The number of esters is 1. The molecule has 0 unspecified atom stereocenters. The van der Waals surface area contributed by atoms with Crippen molar-refractivity contribution in [2.45, 2.75) is 40.0 Å². The summed E-state index contributed by atoms with van der Waals surface area (Å²) in [6.45, 7) is 7.34. The fraction of sp³-hybridized carbons (Fsp3) is 0.500. The molecule has 1 aliphatic rings. The molecule has 1 heterocycles. The lowest BCUT2D eigenvalue weighted by Crippen LogP contribution is -2.39. The molecule has 5 nitrogen and oxygen atoms in total. The van der Waals surface area contributed by atoms with Crippen molar-refractivity contribution in [2.75, 3.05) is 26.3 Å². The van der Waals surface area contributed by atoms with Crippen LogP contribution in [0.1, 0.15) is 44.2 Å². The van der Waals surface area contributed by atoms with Gasteiger partial charge in [0.05, 0.1) is 25.3 Å². The van der Waals surface area contributed by atoms with Gasteiger partial charge in [0.25, 0.3) is 0 Å². The molecule has 0 radical (unpaired) electrons. The number of rotatable bonds is 6. The van der Waals surface area contributed by atoms with Gasteiger partial charge in [-0.1, -0.05) is 43.2 Å². The molecular formula is C20H27NO4. The number of hydrogen-bond acceptors (Lipinski definition) is 4. The molecule has 25 heavy (non-hydrogen) atoms. The fourth-order valence-corrected chi connectivity index (χ4v) is 2.79. The Balaban J connectivity index is 2.22. The van der Waals surface area contributed by atoms with Crippen LogP contribution in [-0.4, -0.2) is 43.3 Å². The molecule has 1 aliphatic heterocycles. The number of hydrogen-bond donors (Lipinski definition) is 0. The monoisotopic (exact) mass is 345 g/mol. The highest BCUT2D eigenvalue weighted by Crippen LogP contribution is 2.29. The van der Waals surface area contributed by atoms with Crippen molar-refractivity contribution in [3.8, 4) is 0 Å². The topological polar surface area (TPSA) is 55.8 Å². The highest BCUT2D eigenvalue weighted by Gasteiger charge is 2.29. The van der Waals surface area contributed by atoms with Crippen LogP contribution in [0.4, 0.5) is 4.79 Å². The number of aryl methyl sites for hydroxylation is 1. The van der Waals surface area contributed by atoms with E-state index in [9.17, 15) is 9.59 Å². The van der Waals surface area contributed by atoms with Crippen LogP contribution in [0.3, 0.4) is 0 Å². The molecule has 1 amide bonds. The maximum absolute atomic E-state index is 12.4. The quantitative estimate of drug-likeness (QED) is 0.578. The molecule has 0 fully saturated rings. The van der Waals surface area contributed by atoms with E-state index in [0.29, 0.717) is 31.8 Å². The van der Waals surface area contributed by atoms with Crippen molar-refractivity contribution in [2.24, 2.45) is 0 Å². The largest absolute Gasteiger partial charge is 0.463 e. The summed E-state index contributed by atoms with van der Waals surface area (Å²) in [6.07, 6.45) is 2.06. The number of nitrogens with zero attached hydrogens (tertiary/aromatic N) is 1. The first kappa shape index (κ1) is 19.0. The Labute approximate surface area is 149 Å². The van der Waals surface area contributed by atoms with Crippen LogP contribution in [-0.2, 0) is 14.3 Å². The van der Waals surface area contributed by atoms with Gasteiger partial charge in [0.1, 0.15) is 0 Å². The summed E-state index contributed by atoms with van der Waals surface area (Å²) in [7, 11) is 0. The van der Waals surface area contributed by atoms with Crippen molar-refractivity contribution in [1.82, 2.24) is 4.90 Å². The molecule has 0 bridgehead atoms. The summed E-state index contributed by atoms with van der Waals surface area (Å²) >= 11 is 0. The first-order valence-corrected chi connectivity index (χ1v) is 8.94. The van der Waals surface area contributed by atoms with Gasteiger partial charge in [-0.15, -0.1) is 0 Å². The zero-order valence-corrected chi connectivity index (χ0v) is 15.3. The third-order valence-corrected chi connectivity index (χ3v) is 4.25. The zero-order valence-electron chi connectivity index (χ0n) is 15.3. The van der Waals surface area contributed by atoms with Crippen LogP contribution < -0.4 is 0 Å². The van der Waals surface area contributed by atoms with Gasteiger partial charge < -0.3 is 14.4 Å². The molecule has 1 aromatic rings. The molecule has 0 aromatic heterocycles. The van der Waals surface area contributed by atoms with Crippen molar-refractivity contribution in [1.29, 1.82) is 0 Å². The Kier molecular flexibility index (Phi) is 7.04. The van der Waals surface area contributed by atoms with E-state index in [1.807, 2.05) is 38.1 Å². The maximum Gasteiger partial charge on any atom is 0.410 e. The van der Waals surface area contributed by atoms with Gasteiger partial charge in [-0.05, 0) is 37.8 Å². The summed E-state index contributed by atoms with van der Waals surface area (Å²) in [5.74, 6) is -0.357. The van der Waals surface area contributed by atoms with E-state index in [0.717, 1.165) is 24.0 Å². The van der Waals surface area contributed by atoms with Gasteiger partial charge in [-0.2, -0.15) is 0 Å². The predicted octanol–water partition coefficient (Wildman–Crippen LogP) is 3.95. The molecule has 0 aliphatic carbocycles. The number of benzene rings is 1. The smallest absolute Gasteiger partial charge is 0.410 e. The van der Waals surface area contributed by atoms with Crippen molar-refractivity contribution < 1.29 is 19.1 Å². The van der Waals surface area contributed by atoms with E-state index >= 15 is 0 Å². The van der Waals surface area contributed by atoms with Crippen molar-refractivity contribution in [3.63, 3.8) is 0 Å². The number of unbranched alkanes of at least 4 members (excludes halogenated alkanes) is 1. The van der Waals surface area contributed by atoms with Gasteiger partial charge in [-0.25, -0.2) is 9.59 Å². The highest BCUT2D eigenvalue weighted by molar-refractivity contribution is 5.99. The van der Waals surface area contributed by atoms with Crippen molar-refractivity contribution in [3.05, 3.63) is 41.0 Å². The first-order chi connectivity index (χ1) is 12.1. The molecule has 5 heteroatoms. The molecule has 1 aromatic carbocycles. The fourth-order valence-electron chi connectivity index (χ4n) is 2.79. The summed E-state index contributed by atoms with van der Waals surface area (Å²) in [5.41, 5.74) is 3.67. The van der Waals surface area contributed by atoms with E-state index in [1.54, 1.807) is 11.8 Å². The van der Waals surface area contributed by atoms with E-state index in [4.69, 9.17) is 9.47 Å². The Morgan fingerprint density at radius 3 is 2.48 bits per heavy atom. The van der Waals surface area contributed by atoms with Crippen LogP contribution >= 0.6 is 0 Å². The molecule has 0 spiro atoms. The van der Waals surface area contributed by atoms with Crippen LogP contribution in [0, 0.1) is 6.92 Å². The van der Waals surface area contributed by atoms with Crippen molar-refractivity contribution >= 4 is 17.6 Å². The Bertz CT molecular complexity index is 634. The minimum Gasteiger partial charge on any atom is -0.463 e. The van der Waals surface area contributed by atoms with Crippen LogP contribution in [0.5, 0.6) is 0 Å². The first-order valence-electron chi connectivity index (χ1n) is 8.94. The second-order valence-electron chi connectivity index (χ2n) is 6.18.